The van der Waals surface area contributed by atoms with E-state index < -0.39 is 0 Å². The van der Waals surface area contributed by atoms with Crippen molar-refractivity contribution in [1.29, 1.82) is 0 Å². The zero-order chi connectivity index (χ0) is 13.0. The van der Waals surface area contributed by atoms with Crippen molar-refractivity contribution in [3.8, 4) is 0 Å². The first-order valence-electron chi connectivity index (χ1n) is 8.04. The molecule has 2 aliphatic rings. The molecule has 0 aromatic carbocycles. The highest BCUT2D eigenvalue weighted by atomic mass is 16.5. The predicted molar refractivity (Wildman–Crippen MR) is 76.8 cm³/mol. The molecule has 0 bridgehead atoms. The van der Waals surface area contributed by atoms with Crippen LogP contribution in [0.15, 0.2) is 0 Å². The summed E-state index contributed by atoms with van der Waals surface area (Å²) in [6.07, 6.45) is 9.77. The lowest BCUT2D eigenvalue weighted by atomic mass is 9.74. The molecule has 2 aliphatic carbocycles. The largest absolute Gasteiger partial charge is 0.370 e. The quantitative estimate of drug-likeness (QED) is 0.778. The molecule has 0 saturated heterocycles. The number of hydrogen-bond donors (Lipinski definition) is 1. The molecule has 18 heavy (non-hydrogen) atoms. The first-order valence-corrected chi connectivity index (χ1v) is 8.04. The molecule has 0 radical (unpaired) electrons. The van der Waals surface area contributed by atoms with Crippen molar-refractivity contribution in [3.63, 3.8) is 0 Å². The maximum atomic E-state index is 6.48. The lowest BCUT2D eigenvalue weighted by Gasteiger charge is -2.45. The Morgan fingerprint density at radius 1 is 1.17 bits per heavy atom. The Balaban J connectivity index is 1.89. The normalized spacial score (nSPS) is 33.7. The van der Waals surface area contributed by atoms with Gasteiger partial charge in [-0.05, 0) is 63.3 Å². The van der Waals surface area contributed by atoms with Gasteiger partial charge in [-0.25, -0.2) is 0 Å². The lowest BCUT2D eigenvalue weighted by molar-refractivity contribution is -0.142. The van der Waals surface area contributed by atoms with Gasteiger partial charge in [0.15, 0.2) is 0 Å². The summed E-state index contributed by atoms with van der Waals surface area (Å²) in [7, 11) is 0. The van der Waals surface area contributed by atoms with Crippen LogP contribution in [0, 0.1) is 11.8 Å². The van der Waals surface area contributed by atoms with Crippen LogP contribution < -0.4 is 5.32 Å². The highest BCUT2D eigenvalue weighted by Gasteiger charge is 2.39. The first-order chi connectivity index (χ1) is 8.65. The van der Waals surface area contributed by atoms with E-state index in [9.17, 15) is 0 Å². The van der Waals surface area contributed by atoms with Gasteiger partial charge in [0.05, 0.1) is 11.7 Å². The fourth-order valence-corrected chi connectivity index (χ4v) is 3.36. The van der Waals surface area contributed by atoms with Gasteiger partial charge in [0.25, 0.3) is 0 Å². The van der Waals surface area contributed by atoms with Crippen molar-refractivity contribution >= 4 is 0 Å². The summed E-state index contributed by atoms with van der Waals surface area (Å²) in [6.45, 7) is 9.05. The minimum Gasteiger partial charge on any atom is -0.370 e. The van der Waals surface area contributed by atoms with Gasteiger partial charge in [-0.2, -0.15) is 0 Å². The van der Waals surface area contributed by atoms with Crippen molar-refractivity contribution in [2.75, 3.05) is 13.1 Å². The zero-order valence-corrected chi connectivity index (χ0v) is 12.5. The molecule has 0 unspecified atom stereocenters. The van der Waals surface area contributed by atoms with Crippen LogP contribution >= 0.6 is 0 Å². The standard InChI is InChI=1S/C16H31NO/c1-4-17-12-16(18-15-6-5-7-15)10-8-14(9-11-16)13(2)3/h13-15,17H,4-12H2,1-3H3. The smallest absolute Gasteiger partial charge is 0.0810 e. The Bertz CT molecular complexity index is 239. The highest BCUT2D eigenvalue weighted by molar-refractivity contribution is 4.92. The second-order valence-corrected chi connectivity index (χ2v) is 6.72. The molecule has 0 heterocycles. The second kappa shape index (κ2) is 6.38. The molecule has 2 saturated carbocycles. The van der Waals surface area contributed by atoms with Gasteiger partial charge in [0.2, 0.25) is 0 Å². The number of rotatable bonds is 6. The fraction of sp³-hybridized carbons (Fsp3) is 1.00. The van der Waals surface area contributed by atoms with E-state index >= 15 is 0 Å². The highest BCUT2D eigenvalue weighted by Crippen LogP contribution is 2.40. The third-order valence-corrected chi connectivity index (χ3v) is 5.05. The summed E-state index contributed by atoms with van der Waals surface area (Å²) < 4.78 is 6.48. The molecular weight excluding hydrogens is 222 g/mol. The van der Waals surface area contributed by atoms with Gasteiger partial charge in [0.1, 0.15) is 0 Å². The lowest BCUT2D eigenvalue weighted by Crippen LogP contribution is -2.49. The van der Waals surface area contributed by atoms with E-state index in [1.54, 1.807) is 0 Å². The van der Waals surface area contributed by atoms with Gasteiger partial charge < -0.3 is 10.1 Å². The van der Waals surface area contributed by atoms with E-state index in [0.717, 1.165) is 24.9 Å². The molecule has 1 N–H and O–H groups in total. The summed E-state index contributed by atoms with van der Waals surface area (Å²) in [4.78, 5) is 0. The van der Waals surface area contributed by atoms with Crippen LogP contribution in [0.5, 0.6) is 0 Å². The molecule has 0 aliphatic heterocycles. The van der Waals surface area contributed by atoms with E-state index in [0.29, 0.717) is 6.10 Å². The third kappa shape index (κ3) is 3.48. The molecule has 2 rings (SSSR count). The first kappa shape index (κ1) is 14.3. The third-order valence-electron chi connectivity index (χ3n) is 5.05. The Labute approximate surface area is 113 Å². The van der Waals surface area contributed by atoms with Crippen molar-refractivity contribution in [2.24, 2.45) is 11.8 Å². The van der Waals surface area contributed by atoms with Crippen molar-refractivity contribution in [3.05, 3.63) is 0 Å². The van der Waals surface area contributed by atoms with Crippen molar-refractivity contribution in [1.82, 2.24) is 5.32 Å². The number of hydrogen-bond acceptors (Lipinski definition) is 2. The van der Waals surface area contributed by atoms with Crippen LogP contribution in [-0.2, 0) is 4.74 Å². The summed E-state index contributed by atoms with van der Waals surface area (Å²) in [6, 6.07) is 0. The minimum atomic E-state index is 0.159. The van der Waals surface area contributed by atoms with Crippen LogP contribution in [0.3, 0.4) is 0 Å². The molecule has 0 aromatic heterocycles. The average Bonchev–Trinajstić information content (AvgIpc) is 2.32. The van der Waals surface area contributed by atoms with Crippen LogP contribution in [0.4, 0.5) is 0 Å². The van der Waals surface area contributed by atoms with Crippen LogP contribution in [0.25, 0.3) is 0 Å². The van der Waals surface area contributed by atoms with Crippen molar-refractivity contribution < 1.29 is 4.74 Å². The molecule has 2 heteroatoms. The summed E-state index contributed by atoms with van der Waals surface area (Å²) in [5, 5.41) is 3.53. The maximum absolute atomic E-state index is 6.48. The number of nitrogens with one attached hydrogen (secondary N) is 1. The Morgan fingerprint density at radius 3 is 2.28 bits per heavy atom. The number of likely N-dealkylation sites (N-methyl/N-ethyl adjacent to an activating group) is 1. The molecular formula is C16H31NO. The van der Waals surface area contributed by atoms with Crippen LogP contribution in [0.2, 0.25) is 0 Å². The number of ether oxygens (including phenoxy) is 1. The SMILES string of the molecule is CCNCC1(OC2CCC2)CCC(C(C)C)CC1. The molecule has 0 aromatic rings. The summed E-state index contributed by atoms with van der Waals surface area (Å²) in [5.74, 6) is 1.76. The van der Waals surface area contributed by atoms with Gasteiger partial charge in [0, 0.05) is 6.54 Å². The van der Waals surface area contributed by atoms with Crippen molar-refractivity contribution in [2.45, 2.75) is 77.4 Å². The van der Waals surface area contributed by atoms with E-state index in [1.807, 2.05) is 0 Å². The Morgan fingerprint density at radius 2 is 1.83 bits per heavy atom. The molecule has 0 amide bonds. The van der Waals surface area contributed by atoms with E-state index in [2.05, 4.69) is 26.1 Å². The molecule has 2 nitrogen and oxygen atoms in total. The second-order valence-electron chi connectivity index (χ2n) is 6.72. The van der Waals surface area contributed by atoms with Gasteiger partial charge in [-0.1, -0.05) is 20.8 Å². The summed E-state index contributed by atoms with van der Waals surface area (Å²) >= 11 is 0. The summed E-state index contributed by atoms with van der Waals surface area (Å²) in [5.41, 5.74) is 0.159. The molecule has 0 spiro atoms. The van der Waals surface area contributed by atoms with Gasteiger partial charge in [-0.3, -0.25) is 0 Å². The Hall–Kier alpha value is -0.0800. The van der Waals surface area contributed by atoms with E-state index in [4.69, 9.17) is 4.74 Å². The van der Waals surface area contributed by atoms with E-state index in [-0.39, 0.29) is 5.60 Å². The van der Waals surface area contributed by atoms with Gasteiger partial charge in [-0.15, -0.1) is 0 Å². The Kier molecular flexibility index (Phi) is 5.08. The van der Waals surface area contributed by atoms with E-state index in [1.165, 1.54) is 44.9 Å². The topological polar surface area (TPSA) is 21.3 Å². The fourth-order valence-electron chi connectivity index (χ4n) is 3.36. The minimum absolute atomic E-state index is 0.159. The molecule has 106 valence electrons. The van der Waals surface area contributed by atoms with Crippen LogP contribution in [-0.4, -0.2) is 24.8 Å². The average molecular weight is 253 g/mol. The zero-order valence-electron chi connectivity index (χ0n) is 12.5. The van der Waals surface area contributed by atoms with Crippen LogP contribution in [0.1, 0.15) is 65.7 Å². The maximum Gasteiger partial charge on any atom is 0.0810 e. The monoisotopic (exact) mass is 253 g/mol. The molecule has 2 fully saturated rings. The molecule has 0 atom stereocenters. The van der Waals surface area contributed by atoms with Gasteiger partial charge >= 0.3 is 0 Å². The predicted octanol–water partition coefficient (Wildman–Crippen LogP) is 3.75.